The molecule has 7 rings (SSSR count). The van der Waals surface area contributed by atoms with E-state index >= 15 is 0 Å². The summed E-state index contributed by atoms with van der Waals surface area (Å²) in [5.74, 6) is 1.42. The molecule has 0 aliphatic carbocycles. The molecule has 0 radical (unpaired) electrons. The lowest BCUT2D eigenvalue weighted by atomic mass is 10.1. The highest BCUT2D eigenvalue weighted by atomic mass is 32.2. The first kappa shape index (κ1) is 23.6. The molecular formula is C31H22N6S2. The van der Waals surface area contributed by atoms with Crippen LogP contribution in [0.5, 0.6) is 0 Å². The number of H-pyrrole nitrogens is 1. The fourth-order valence-corrected chi connectivity index (χ4v) is 6.19. The van der Waals surface area contributed by atoms with Crippen molar-refractivity contribution in [2.24, 2.45) is 0 Å². The maximum absolute atomic E-state index is 4.78. The van der Waals surface area contributed by atoms with Gasteiger partial charge in [-0.15, -0.1) is 21.5 Å². The Balaban J connectivity index is 1.11. The molecule has 8 heteroatoms. The van der Waals surface area contributed by atoms with E-state index in [1.165, 1.54) is 5.56 Å². The van der Waals surface area contributed by atoms with Crippen LogP contribution in [0.3, 0.4) is 0 Å². The standard InChI is InChI=1S/C31H22N6S2/c1-19-16-27(38-18-19)29-23-7-3-4-8-24(23)30(37-36-29)33-21-10-12-22(13-11-21)39-28-14-15-32-31(35-28)26-17-20-6-2-5-9-25(20)34-26/h2-18,34H,1H3,(H,33,37). The molecule has 6 nitrogen and oxygen atoms in total. The van der Waals surface area contributed by atoms with Crippen molar-refractivity contribution in [2.75, 3.05) is 5.32 Å². The lowest BCUT2D eigenvalue weighted by Gasteiger charge is -2.11. The van der Waals surface area contributed by atoms with Gasteiger partial charge < -0.3 is 10.3 Å². The first-order valence-corrected chi connectivity index (χ1v) is 14.2. The van der Waals surface area contributed by atoms with E-state index in [-0.39, 0.29) is 0 Å². The summed E-state index contributed by atoms with van der Waals surface area (Å²) in [6.07, 6.45) is 1.80. The molecule has 188 valence electrons. The zero-order valence-electron chi connectivity index (χ0n) is 20.9. The van der Waals surface area contributed by atoms with Gasteiger partial charge in [0.1, 0.15) is 10.7 Å². The minimum atomic E-state index is 0.682. The third-order valence-corrected chi connectivity index (χ3v) is 8.39. The molecule has 0 aliphatic rings. The Morgan fingerprint density at radius 2 is 1.67 bits per heavy atom. The summed E-state index contributed by atoms with van der Waals surface area (Å²) in [4.78, 5) is 14.9. The minimum Gasteiger partial charge on any atom is -0.352 e. The molecule has 0 amide bonds. The van der Waals surface area contributed by atoms with Gasteiger partial charge in [0.05, 0.1) is 10.6 Å². The highest BCUT2D eigenvalue weighted by molar-refractivity contribution is 7.99. The topological polar surface area (TPSA) is 79.4 Å². The number of para-hydroxylation sites is 1. The molecule has 0 saturated carbocycles. The molecule has 2 N–H and O–H groups in total. The fraction of sp³-hybridized carbons (Fsp3) is 0.0323. The van der Waals surface area contributed by atoms with Crippen molar-refractivity contribution >= 4 is 56.3 Å². The Kier molecular flexibility index (Phi) is 6.03. The average molecular weight is 543 g/mol. The van der Waals surface area contributed by atoms with Crippen molar-refractivity contribution in [1.82, 2.24) is 25.1 Å². The highest BCUT2D eigenvalue weighted by Gasteiger charge is 2.13. The summed E-state index contributed by atoms with van der Waals surface area (Å²) in [6.45, 7) is 2.10. The largest absolute Gasteiger partial charge is 0.352 e. The fourth-order valence-electron chi connectivity index (χ4n) is 4.52. The second-order valence-corrected chi connectivity index (χ2v) is 11.2. The number of fused-ring (bicyclic) bond motifs is 2. The minimum absolute atomic E-state index is 0.682. The lowest BCUT2D eigenvalue weighted by molar-refractivity contribution is 1.05. The van der Waals surface area contributed by atoms with Crippen LogP contribution in [0.1, 0.15) is 5.56 Å². The Morgan fingerprint density at radius 1 is 0.846 bits per heavy atom. The van der Waals surface area contributed by atoms with Crippen LogP contribution in [0.2, 0.25) is 0 Å². The highest BCUT2D eigenvalue weighted by Crippen LogP contribution is 2.35. The molecule has 7 aromatic rings. The Labute approximate surface area is 233 Å². The van der Waals surface area contributed by atoms with Crippen LogP contribution in [0, 0.1) is 6.92 Å². The zero-order chi connectivity index (χ0) is 26.2. The number of aryl methyl sites for hydroxylation is 1. The van der Waals surface area contributed by atoms with Crippen molar-refractivity contribution < 1.29 is 0 Å². The monoisotopic (exact) mass is 542 g/mol. The van der Waals surface area contributed by atoms with Gasteiger partial charge in [0.25, 0.3) is 0 Å². The molecule has 3 aromatic carbocycles. The van der Waals surface area contributed by atoms with Crippen molar-refractivity contribution in [3.8, 4) is 22.1 Å². The summed E-state index contributed by atoms with van der Waals surface area (Å²) >= 11 is 3.30. The summed E-state index contributed by atoms with van der Waals surface area (Å²) in [5.41, 5.74) is 5.08. The number of nitrogens with zero attached hydrogens (tertiary/aromatic N) is 4. The maximum Gasteiger partial charge on any atom is 0.177 e. The summed E-state index contributed by atoms with van der Waals surface area (Å²) in [7, 11) is 0. The van der Waals surface area contributed by atoms with Crippen molar-refractivity contribution in [2.45, 2.75) is 16.8 Å². The zero-order valence-corrected chi connectivity index (χ0v) is 22.6. The number of aromatic amines is 1. The van der Waals surface area contributed by atoms with Crippen molar-refractivity contribution in [3.63, 3.8) is 0 Å². The third-order valence-electron chi connectivity index (χ3n) is 6.39. The van der Waals surface area contributed by atoms with Gasteiger partial charge in [-0.1, -0.05) is 54.2 Å². The van der Waals surface area contributed by atoms with E-state index in [2.05, 4.69) is 98.4 Å². The van der Waals surface area contributed by atoms with E-state index in [4.69, 9.17) is 4.98 Å². The van der Waals surface area contributed by atoms with Crippen LogP contribution in [0.25, 0.3) is 43.8 Å². The molecule has 0 unspecified atom stereocenters. The molecule has 0 saturated heterocycles. The average Bonchev–Trinajstić information content (AvgIpc) is 3.61. The molecule has 0 bridgehead atoms. The van der Waals surface area contributed by atoms with Crippen molar-refractivity contribution in [3.05, 3.63) is 108 Å². The number of benzene rings is 3. The molecule has 0 aliphatic heterocycles. The maximum atomic E-state index is 4.78. The smallest absolute Gasteiger partial charge is 0.177 e. The third kappa shape index (κ3) is 4.76. The van der Waals surface area contributed by atoms with Gasteiger partial charge in [-0.25, -0.2) is 9.97 Å². The summed E-state index contributed by atoms with van der Waals surface area (Å²) < 4.78 is 0. The number of hydrogen-bond donors (Lipinski definition) is 2. The number of hydrogen-bond acceptors (Lipinski definition) is 7. The van der Waals surface area contributed by atoms with E-state index in [1.54, 1.807) is 29.3 Å². The summed E-state index contributed by atoms with van der Waals surface area (Å²) in [5, 5.41) is 18.9. The Hall–Kier alpha value is -4.53. The van der Waals surface area contributed by atoms with E-state index in [0.29, 0.717) is 5.82 Å². The number of anilines is 2. The SMILES string of the molecule is Cc1csc(-c2nnc(Nc3ccc(Sc4ccnc(-c5cc6ccccc6[nH]5)n4)cc3)c3ccccc23)c1. The van der Waals surface area contributed by atoms with Gasteiger partial charge >= 0.3 is 0 Å². The molecule has 0 atom stereocenters. The first-order chi connectivity index (χ1) is 19.2. The normalized spacial score (nSPS) is 11.3. The quantitative estimate of drug-likeness (QED) is 0.205. The number of nitrogens with one attached hydrogen (secondary N) is 2. The molecule has 4 aromatic heterocycles. The molecular weight excluding hydrogens is 521 g/mol. The van der Waals surface area contributed by atoms with Gasteiger partial charge in [0.15, 0.2) is 11.6 Å². The van der Waals surface area contributed by atoms with Gasteiger partial charge in [-0.3, -0.25) is 0 Å². The number of thiophene rings is 1. The summed E-state index contributed by atoms with van der Waals surface area (Å²) in [6, 6.07) is 30.9. The van der Waals surface area contributed by atoms with Crippen LogP contribution < -0.4 is 5.32 Å². The van der Waals surface area contributed by atoms with Crippen LogP contribution in [-0.4, -0.2) is 25.1 Å². The van der Waals surface area contributed by atoms with Gasteiger partial charge in [0, 0.05) is 38.5 Å². The molecule has 4 heterocycles. The Bertz CT molecular complexity index is 1910. The van der Waals surface area contributed by atoms with Gasteiger partial charge in [0.2, 0.25) is 0 Å². The van der Waals surface area contributed by atoms with E-state index in [1.807, 2.05) is 30.3 Å². The predicted molar refractivity (Wildman–Crippen MR) is 161 cm³/mol. The van der Waals surface area contributed by atoms with Crippen LogP contribution in [0.15, 0.2) is 112 Å². The van der Waals surface area contributed by atoms with Crippen LogP contribution in [-0.2, 0) is 0 Å². The number of aromatic nitrogens is 5. The second kappa shape index (κ2) is 9.98. The number of rotatable bonds is 6. The molecule has 0 spiro atoms. The van der Waals surface area contributed by atoms with E-state index in [9.17, 15) is 0 Å². The lowest BCUT2D eigenvalue weighted by Crippen LogP contribution is -1.98. The van der Waals surface area contributed by atoms with Gasteiger partial charge in [-0.2, -0.15) is 0 Å². The predicted octanol–water partition coefficient (Wildman–Crippen LogP) is 8.50. The van der Waals surface area contributed by atoms with Gasteiger partial charge in [-0.05, 0) is 66.4 Å². The first-order valence-electron chi connectivity index (χ1n) is 12.5. The van der Waals surface area contributed by atoms with E-state index < -0.39 is 0 Å². The Morgan fingerprint density at radius 3 is 2.49 bits per heavy atom. The van der Waals surface area contributed by atoms with Crippen molar-refractivity contribution in [1.29, 1.82) is 0 Å². The van der Waals surface area contributed by atoms with Crippen LogP contribution in [0.4, 0.5) is 11.5 Å². The van der Waals surface area contributed by atoms with E-state index in [0.717, 1.165) is 59.4 Å². The second-order valence-electron chi connectivity index (χ2n) is 9.17. The molecule has 0 fully saturated rings. The molecule has 39 heavy (non-hydrogen) atoms. The van der Waals surface area contributed by atoms with Crippen LogP contribution >= 0.6 is 23.1 Å².